The van der Waals surface area contributed by atoms with Gasteiger partial charge in [-0.1, -0.05) is 42.5 Å². The van der Waals surface area contributed by atoms with Gasteiger partial charge in [-0.05, 0) is 12.5 Å². The summed E-state index contributed by atoms with van der Waals surface area (Å²) < 4.78 is 73.1. The van der Waals surface area contributed by atoms with Gasteiger partial charge >= 0.3 is 20.1 Å². The summed E-state index contributed by atoms with van der Waals surface area (Å²) in [6.07, 6.45) is -6.85. The molecule has 0 aliphatic carbocycles. The van der Waals surface area contributed by atoms with E-state index in [2.05, 4.69) is 18.5 Å². The minimum absolute atomic E-state index is 0.0343. The number of amides is 1. The van der Waals surface area contributed by atoms with Gasteiger partial charge in [-0.15, -0.1) is 13.2 Å². The molecule has 1 aromatic carbocycles. The van der Waals surface area contributed by atoms with Crippen LogP contribution in [0.25, 0.3) is 0 Å². The zero-order chi connectivity index (χ0) is 22.6. The first-order valence-electron chi connectivity index (χ1n) is 8.99. The fraction of sp³-hybridized carbons (Fsp3) is 0.421. The fourth-order valence-electron chi connectivity index (χ4n) is 2.27. The van der Waals surface area contributed by atoms with E-state index in [1.165, 1.54) is 24.3 Å². The molecule has 1 aromatic rings. The summed E-state index contributed by atoms with van der Waals surface area (Å²) in [5.41, 5.74) is 0.372. The molecule has 0 spiro atoms. The lowest BCUT2D eigenvalue weighted by atomic mass is 10.0. The summed E-state index contributed by atoms with van der Waals surface area (Å²) in [7, 11) is -4.61. The number of hydrogen-bond donors (Lipinski definition) is 1. The molecule has 0 heterocycles. The number of nitrogens with one attached hydrogen (secondary N) is 1. The van der Waals surface area contributed by atoms with Gasteiger partial charge < -0.3 is 10.1 Å². The van der Waals surface area contributed by atoms with Gasteiger partial charge in [-0.25, -0.2) is 9.36 Å². The van der Waals surface area contributed by atoms with Crippen LogP contribution in [0.4, 0.5) is 18.0 Å². The predicted octanol–water partition coefficient (Wildman–Crippen LogP) is 5.32. The van der Waals surface area contributed by atoms with Crippen molar-refractivity contribution in [1.82, 2.24) is 5.32 Å². The molecule has 0 bridgehead atoms. The molecule has 1 amide bonds. The molecule has 1 N–H and O–H groups in total. The van der Waals surface area contributed by atoms with Crippen molar-refractivity contribution in [3.05, 3.63) is 61.2 Å². The highest BCUT2D eigenvalue weighted by molar-refractivity contribution is 7.48. The average Bonchev–Trinajstić information content (AvgIpc) is 2.70. The van der Waals surface area contributed by atoms with Crippen LogP contribution in [0.3, 0.4) is 0 Å². The van der Waals surface area contributed by atoms with Crippen LogP contribution in [-0.4, -0.2) is 38.2 Å². The van der Waals surface area contributed by atoms with E-state index in [0.29, 0.717) is 5.56 Å². The van der Waals surface area contributed by atoms with Crippen molar-refractivity contribution in [3.8, 4) is 0 Å². The highest BCUT2D eigenvalue weighted by Gasteiger charge is 2.47. The number of alkyl carbamates (subject to hydrolysis) is 1. The molecule has 0 aromatic heterocycles. The quantitative estimate of drug-likeness (QED) is 0.323. The molecule has 0 radical (unpaired) electrons. The van der Waals surface area contributed by atoms with Gasteiger partial charge in [0.05, 0.1) is 25.9 Å². The molecular formula is C19H25F3NO6P. The Hall–Kier alpha value is -2.13. The fourth-order valence-corrected chi connectivity index (χ4v) is 3.56. The van der Waals surface area contributed by atoms with Crippen molar-refractivity contribution in [2.75, 3.05) is 19.8 Å². The topological polar surface area (TPSA) is 83.1 Å². The minimum Gasteiger partial charge on any atom is -0.450 e. The Morgan fingerprint density at radius 2 is 1.73 bits per heavy atom. The Labute approximate surface area is 173 Å². The number of alkyl halides is 3. The summed E-state index contributed by atoms with van der Waals surface area (Å²) in [4.78, 5) is 11.8. The maximum atomic E-state index is 13.7. The summed E-state index contributed by atoms with van der Waals surface area (Å²) in [6.45, 7) is 7.57. The first-order chi connectivity index (χ1) is 14.1. The molecule has 1 rings (SSSR count). The van der Waals surface area contributed by atoms with E-state index in [1.54, 1.807) is 25.1 Å². The largest absolute Gasteiger partial charge is 0.475 e. The van der Waals surface area contributed by atoms with Gasteiger partial charge in [-0.2, -0.15) is 13.2 Å². The third-order valence-electron chi connectivity index (χ3n) is 3.54. The van der Waals surface area contributed by atoms with Crippen molar-refractivity contribution in [3.63, 3.8) is 0 Å². The molecule has 11 heteroatoms. The van der Waals surface area contributed by atoms with Crippen LogP contribution in [0.15, 0.2) is 55.6 Å². The zero-order valence-corrected chi connectivity index (χ0v) is 17.4. The number of ether oxygens (including phenoxy) is 1. The summed E-state index contributed by atoms with van der Waals surface area (Å²) in [5, 5.41) is 2.36. The average molecular weight is 451 g/mol. The summed E-state index contributed by atoms with van der Waals surface area (Å²) in [6, 6.07) is 6.79. The standard InChI is InChI=1S/C19H25F3NO6P/c1-4-12-27-30(25,28-13-5-2)29-17(19(20,21)22)14-16(23-18(24)26-6-3)15-10-8-7-9-11-15/h4-5,7-11,16-17H,1-2,6,12-14H2,3H3,(H,23,24). The van der Waals surface area contributed by atoms with E-state index in [4.69, 9.17) is 18.3 Å². The van der Waals surface area contributed by atoms with E-state index in [0.717, 1.165) is 0 Å². The summed E-state index contributed by atoms with van der Waals surface area (Å²) in [5.74, 6) is 0. The normalized spacial score (nSPS) is 13.9. The monoisotopic (exact) mass is 451 g/mol. The molecule has 30 heavy (non-hydrogen) atoms. The number of carbonyl (C=O) groups is 1. The number of halogens is 3. The van der Waals surface area contributed by atoms with Crippen molar-refractivity contribution in [2.45, 2.75) is 31.7 Å². The second kappa shape index (κ2) is 12.5. The maximum absolute atomic E-state index is 13.7. The van der Waals surface area contributed by atoms with E-state index in [-0.39, 0.29) is 19.8 Å². The van der Waals surface area contributed by atoms with Gasteiger partial charge in [-0.3, -0.25) is 13.6 Å². The Morgan fingerprint density at radius 1 is 1.17 bits per heavy atom. The number of rotatable bonds is 13. The lowest BCUT2D eigenvalue weighted by molar-refractivity contribution is -0.203. The molecule has 2 unspecified atom stereocenters. The number of phosphoric ester groups is 1. The Morgan fingerprint density at radius 3 is 2.20 bits per heavy atom. The van der Waals surface area contributed by atoms with Gasteiger partial charge in [0.2, 0.25) is 0 Å². The number of hydrogen-bond acceptors (Lipinski definition) is 6. The molecule has 0 saturated carbocycles. The third-order valence-corrected chi connectivity index (χ3v) is 4.98. The molecule has 2 atom stereocenters. The van der Waals surface area contributed by atoms with Crippen LogP contribution in [0.5, 0.6) is 0 Å². The smallest absolute Gasteiger partial charge is 0.450 e. The Kier molecular flexibility index (Phi) is 10.8. The molecular weight excluding hydrogens is 426 g/mol. The Bertz CT molecular complexity index is 713. The maximum Gasteiger partial charge on any atom is 0.475 e. The second-order valence-corrected chi connectivity index (χ2v) is 7.44. The van der Waals surface area contributed by atoms with Gasteiger partial charge in [0, 0.05) is 6.42 Å². The van der Waals surface area contributed by atoms with E-state index < -0.39 is 38.7 Å². The highest BCUT2D eigenvalue weighted by Crippen LogP contribution is 2.53. The van der Waals surface area contributed by atoms with Crippen LogP contribution >= 0.6 is 7.82 Å². The molecule has 0 aliphatic heterocycles. The van der Waals surface area contributed by atoms with Gasteiger partial charge in [0.1, 0.15) is 0 Å². The molecule has 0 aliphatic rings. The van der Waals surface area contributed by atoms with Crippen molar-refractivity contribution >= 4 is 13.9 Å². The number of phosphoric acid groups is 1. The molecule has 168 valence electrons. The van der Waals surface area contributed by atoms with E-state index >= 15 is 0 Å². The Balaban J connectivity index is 3.16. The molecule has 0 saturated heterocycles. The van der Waals surface area contributed by atoms with Crippen molar-refractivity contribution in [2.24, 2.45) is 0 Å². The number of benzene rings is 1. The van der Waals surface area contributed by atoms with Crippen molar-refractivity contribution < 1.29 is 40.8 Å². The van der Waals surface area contributed by atoms with Crippen molar-refractivity contribution in [1.29, 1.82) is 0 Å². The summed E-state index contributed by atoms with van der Waals surface area (Å²) >= 11 is 0. The third kappa shape index (κ3) is 9.13. The van der Waals surface area contributed by atoms with Crippen LogP contribution in [-0.2, 0) is 22.9 Å². The van der Waals surface area contributed by atoms with Gasteiger partial charge in [0.15, 0.2) is 6.10 Å². The van der Waals surface area contributed by atoms with Crippen LogP contribution in [0.1, 0.15) is 24.9 Å². The van der Waals surface area contributed by atoms with Crippen LogP contribution in [0.2, 0.25) is 0 Å². The van der Waals surface area contributed by atoms with E-state index in [1.807, 2.05) is 0 Å². The SMILES string of the molecule is C=CCOP(=O)(OCC=C)OC(CC(NC(=O)OCC)c1ccccc1)C(F)(F)F. The predicted molar refractivity (Wildman–Crippen MR) is 105 cm³/mol. The first kappa shape index (κ1) is 25.9. The zero-order valence-electron chi connectivity index (χ0n) is 16.5. The highest BCUT2D eigenvalue weighted by atomic mass is 31.2. The lowest BCUT2D eigenvalue weighted by Gasteiger charge is -2.28. The van der Waals surface area contributed by atoms with Crippen LogP contribution < -0.4 is 5.32 Å². The first-order valence-corrected chi connectivity index (χ1v) is 10.5. The lowest BCUT2D eigenvalue weighted by Crippen LogP contribution is -2.38. The molecule has 7 nitrogen and oxygen atoms in total. The van der Waals surface area contributed by atoms with Gasteiger partial charge in [0.25, 0.3) is 0 Å². The second-order valence-electron chi connectivity index (χ2n) is 5.82. The molecule has 0 fully saturated rings. The minimum atomic E-state index is -4.94. The number of carbonyl (C=O) groups excluding carboxylic acids is 1. The van der Waals surface area contributed by atoms with E-state index in [9.17, 15) is 22.5 Å². The van der Waals surface area contributed by atoms with Crippen LogP contribution in [0, 0.1) is 0 Å².